The van der Waals surface area contributed by atoms with Gasteiger partial charge in [-0.1, -0.05) is 74.8 Å². The van der Waals surface area contributed by atoms with Gasteiger partial charge in [0, 0.05) is 23.2 Å². The summed E-state index contributed by atoms with van der Waals surface area (Å²) in [6.07, 6.45) is 7.02. The number of carbonyl (C=O) groups is 2. The Morgan fingerprint density at radius 3 is 2.30 bits per heavy atom. The van der Waals surface area contributed by atoms with E-state index in [0.29, 0.717) is 30.4 Å². The van der Waals surface area contributed by atoms with Crippen LogP contribution in [0.1, 0.15) is 107 Å². The Labute approximate surface area is 232 Å². The molecule has 3 fully saturated rings. The normalized spacial score (nSPS) is 39.0. The van der Waals surface area contributed by atoms with Crippen molar-refractivity contribution in [2.45, 2.75) is 126 Å². The Balaban J connectivity index is 0.000000873. The molecule has 0 saturated heterocycles. The van der Waals surface area contributed by atoms with Crippen LogP contribution in [0.3, 0.4) is 0 Å². The summed E-state index contributed by atoms with van der Waals surface area (Å²) >= 11 is 1.56. The average Bonchev–Trinajstić information content (AvgIpc) is 3.16. The molecule has 0 spiro atoms. The Kier molecular flexibility index (Phi) is 13.4. The third-order valence-corrected chi connectivity index (χ3v) is 9.84. The highest BCUT2D eigenvalue weighted by Gasteiger charge is 2.65. The molecule has 8 unspecified atom stereocenters. The van der Waals surface area contributed by atoms with Crippen molar-refractivity contribution >= 4 is 23.5 Å². The van der Waals surface area contributed by atoms with E-state index in [1.54, 1.807) is 11.8 Å². The van der Waals surface area contributed by atoms with Gasteiger partial charge in [-0.15, -0.1) is 6.58 Å². The zero-order chi connectivity index (χ0) is 28.6. The monoisotopic (exact) mass is 539 g/mol. The first-order chi connectivity index (χ1) is 17.2. The highest BCUT2D eigenvalue weighted by molar-refractivity contribution is 7.99. The lowest BCUT2D eigenvalue weighted by Crippen LogP contribution is -2.56. The zero-order valence-corrected chi connectivity index (χ0v) is 26.1. The van der Waals surface area contributed by atoms with Crippen molar-refractivity contribution < 1.29 is 19.4 Å². The van der Waals surface area contributed by atoms with Gasteiger partial charge in [-0.25, -0.2) is 0 Å². The van der Waals surface area contributed by atoms with Crippen LogP contribution in [0.15, 0.2) is 12.7 Å². The summed E-state index contributed by atoms with van der Waals surface area (Å²) in [6.45, 7) is 22.8. The minimum absolute atomic E-state index is 0.0594. The number of Topliss-reactive ketones (excluding diaryl/α,β-unsaturated/α-hetero) is 1. The minimum Gasteiger partial charge on any atom is -0.461 e. The summed E-state index contributed by atoms with van der Waals surface area (Å²) in [5.41, 5.74) is 4.02. The van der Waals surface area contributed by atoms with Crippen LogP contribution in [-0.4, -0.2) is 46.6 Å². The average molecular weight is 540 g/mol. The van der Waals surface area contributed by atoms with Crippen molar-refractivity contribution in [3.63, 3.8) is 0 Å². The molecule has 2 bridgehead atoms. The van der Waals surface area contributed by atoms with Crippen LogP contribution in [0, 0.1) is 34.0 Å². The molecule has 6 heteroatoms. The third-order valence-electron chi connectivity index (χ3n) is 8.99. The molecule has 37 heavy (non-hydrogen) atoms. The molecule has 8 atom stereocenters. The number of hydrogen-bond acceptors (Lipinski definition) is 6. The van der Waals surface area contributed by atoms with Crippen LogP contribution in [0.4, 0.5) is 0 Å². The van der Waals surface area contributed by atoms with Gasteiger partial charge in [0.15, 0.2) is 0 Å². The summed E-state index contributed by atoms with van der Waals surface area (Å²) in [4.78, 5) is 26.1. The number of rotatable bonds is 5. The molecular weight excluding hydrogens is 482 g/mol. The van der Waals surface area contributed by atoms with Gasteiger partial charge in [0.2, 0.25) is 0 Å². The smallest absolute Gasteiger partial charge is 0.316 e. The predicted octanol–water partition coefficient (Wildman–Crippen LogP) is 6.81. The summed E-state index contributed by atoms with van der Waals surface area (Å²) < 4.78 is 6.21. The van der Waals surface area contributed by atoms with Gasteiger partial charge in [-0.3, -0.25) is 9.59 Å². The topological polar surface area (TPSA) is 89.6 Å². The van der Waals surface area contributed by atoms with Crippen LogP contribution >= 0.6 is 11.8 Å². The number of esters is 1. The van der Waals surface area contributed by atoms with E-state index in [4.69, 9.17) is 10.5 Å². The fourth-order valence-electron chi connectivity index (χ4n) is 7.10. The van der Waals surface area contributed by atoms with Crippen molar-refractivity contribution in [3.8, 4) is 0 Å². The molecule has 3 saturated carbocycles. The molecule has 0 aliphatic heterocycles. The Hall–Kier alpha value is -0.850. The molecule has 3 aliphatic rings. The Morgan fingerprint density at radius 2 is 1.78 bits per heavy atom. The molecule has 0 amide bonds. The number of aliphatic hydroxyl groups is 1. The quantitative estimate of drug-likeness (QED) is 0.295. The van der Waals surface area contributed by atoms with E-state index in [2.05, 4.69) is 41.2 Å². The second kappa shape index (κ2) is 14.5. The highest BCUT2D eigenvalue weighted by atomic mass is 32.2. The second-order valence-electron chi connectivity index (χ2n) is 12.7. The van der Waals surface area contributed by atoms with E-state index in [1.165, 1.54) is 6.42 Å². The van der Waals surface area contributed by atoms with Crippen molar-refractivity contribution in [2.24, 2.45) is 39.7 Å². The van der Waals surface area contributed by atoms with Gasteiger partial charge in [0.1, 0.15) is 11.9 Å². The first kappa shape index (κ1) is 34.2. The molecule has 3 aliphatic carbocycles. The highest BCUT2D eigenvalue weighted by Crippen LogP contribution is 2.66. The SMILES string of the molecule is C=CC1(C)CC(OC(=O)CSCC)C2(C)C(C)CCC3(CCC(=O)C32)CC(C)C1O.CC(C)N.CCC. The Bertz CT molecular complexity index is 755. The second-order valence-corrected chi connectivity index (χ2v) is 13.9. The van der Waals surface area contributed by atoms with Crippen LogP contribution < -0.4 is 5.73 Å². The van der Waals surface area contributed by atoms with Gasteiger partial charge < -0.3 is 15.6 Å². The molecule has 0 aromatic carbocycles. The molecule has 0 radical (unpaired) electrons. The lowest BCUT2D eigenvalue weighted by atomic mass is 9.49. The largest absolute Gasteiger partial charge is 0.461 e. The summed E-state index contributed by atoms with van der Waals surface area (Å²) in [7, 11) is 0. The van der Waals surface area contributed by atoms with Gasteiger partial charge in [-0.05, 0) is 61.1 Å². The van der Waals surface area contributed by atoms with E-state index in [0.717, 1.165) is 31.4 Å². The summed E-state index contributed by atoms with van der Waals surface area (Å²) in [6, 6.07) is 0.333. The van der Waals surface area contributed by atoms with Crippen molar-refractivity contribution in [1.82, 2.24) is 0 Å². The number of ether oxygens (including phenoxy) is 1. The predicted molar refractivity (Wildman–Crippen MR) is 158 cm³/mol. The summed E-state index contributed by atoms with van der Waals surface area (Å²) in [5.74, 6) is 1.53. The van der Waals surface area contributed by atoms with Crippen LogP contribution in [0.25, 0.3) is 0 Å². The number of hydrogen-bond donors (Lipinski definition) is 2. The van der Waals surface area contributed by atoms with Gasteiger partial charge >= 0.3 is 5.97 Å². The van der Waals surface area contributed by atoms with Gasteiger partial charge in [-0.2, -0.15) is 11.8 Å². The zero-order valence-electron chi connectivity index (χ0n) is 25.3. The first-order valence-electron chi connectivity index (χ1n) is 14.6. The maximum Gasteiger partial charge on any atom is 0.316 e. The summed E-state index contributed by atoms with van der Waals surface area (Å²) in [5, 5.41) is 11.4. The van der Waals surface area contributed by atoms with Gasteiger partial charge in [0.05, 0.1) is 11.9 Å². The number of thioether (sulfide) groups is 1. The van der Waals surface area contributed by atoms with Gasteiger partial charge in [0.25, 0.3) is 0 Å². The fraction of sp³-hybridized carbons (Fsp3) is 0.871. The van der Waals surface area contributed by atoms with E-state index >= 15 is 0 Å². The fourth-order valence-corrected chi connectivity index (χ4v) is 7.54. The van der Waals surface area contributed by atoms with Crippen LogP contribution in [0.5, 0.6) is 0 Å². The maximum atomic E-state index is 13.3. The number of carbonyl (C=O) groups excluding carboxylic acids is 2. The van der Waals surface area contributed by atoms with Crippen molar-refractivity contribution in [2.75, 3.05) is 11.5 Å². The first-order valence-corrected chi connectivity index (χ1v) is 15.7. The number of ketones is 1. The molecule has 216 valence electrons. The van der Waals surface area contributed by atoms with Crippen LogP contribution in [0.2, 0.25) is 0 Å². The lowest BCUT2D eigenvalue weighted by Gasteiger charge is -2.56. The third kappa shape index (κ3) is 7.85. The molecule has 5 nitrogen and oxygen atoms in total. The minimum atomic E-state index is -0.579. The standard InChI is InChI=1S/C25H40O4S.C3H9N.C3H8/c1-7-23(5)14-19(29-20(27)15-30-8-2)24(6)17(4)9-11-25(13-16(3)22(23)28)12-10-18(26)21(24)25;1-3(2)4;1-3-2/h7,16-17,19,21-22,28H,1,8-15H2,2-6H3;3H,4H2,1-2H3;3H2,1-2H3. The van der Waals surface area contributed by atoms with E-state index in [1.807, 2.05) is 33.8 Å². The Morgan fingerprint density at radius 1 is 1.22 bits per heavy atom. The van der Waals surface area contributed by atoms with Crippen molar-refractivity contribution in [3.05, 3.63) is 12.7 Å². The maximum absolute atomic E-state index is 13.3. The lowest BCUT2D eigenvalue weighted by molar-refractivity contribution is -0.177. The van der Waals surface area contributed by atoms with E-state index in [9.17, 15) is 14.7 Å². The van der Waals surface area contributed by atoms with Crippen LogP contribution in [-0.2, 0) is 14.3 Å². The molecule has 0 heterocycles. The molecule has 0 aromatic heterocycles. The molecule has 3 N–H and O–H groups in total. The number of aliphatic hydroxyl groups excluding tert-OH is 1. The molecular formula is C31H57NO4S. The molecule has 0 aromatic rings. The number of nitrogens with two attached hydrogens (primary N) is 1. The van der Waals surface area contributed by atoms with E-state index in [-0.39, 0.29) is 29.1 Å². The van der Waals surface area contributed by atoms with E-state index < -0.39 is 23.0 Å². The molecule has 3 rings (SSSR count). The van der Waals surface area contributed by atoms with Crippen molar-refractivity contribution in [1.29, 1.82) is 0 Å².